The van der Waals surface area contributed by atoms with Crippen LogP contribution >= 0.6 is 0 Å². The molecule has 0 amide bonds. The van der Waals surface area contributed by atoms with Gasteiger partial charge in [-0.15, -0.1) is 0 Å². The van der Waals surface area contributed by atoms with Gasteiger partial charge in [-0.25, -0.2) is 0 Å². The third-order valence-corrected chi connectivity index (χ3v) is 5.43. The van der Waals surface area contributed by atoms with Crippen LogP contribution in [0.5, 0.6) is 23.0 Å². The van der Waals surface area contributed by atoms with Gasteiger partial charge in [-0.3, -0.25) is 9.59 Å². The largest absolute Gasteiger partial charge is 0.508 e. The lowest BCUT2D eigenvalue weighted by Gasteiger charge is -2.20. The van der Waals surface area contributed by atoms with Gasteiger partial charge in [0.1, 0.15) is 11.5 Å². The normalized spacial score (nSPS) is 11.8. The Morgan fingerprint density at radius 3 is 2.28 bits per heavy atom. The Hall–Kier alpha value is -3.94. The van der Waals surface area contributed by atoms with Gasteiger partial charge in [0.05, 0.1) is 19.1 Å². The molecule has 8 nitrogen and oxygen atoms in total. The molecule has 3 rings (SSSR count). The van der Waals surface area contributed by atoms with Gasteiger partial charge in [-0.05, 0) is 54.8 Å². The van der Waals surface area contributed by atoms with Gasteiger partial charge in [0.2, 0.25) is 0 Å². The summed E-state index contributed by atoms with van der Waals surface area (Å²) in [5.74, 6) is -1.99. The van der Waals surface area contributed by atoms with E-state index in [1.54, 1.807) is 25.1 Å². The molecule has 1 heterocycles. The first-order chi connectivity index (χ1) is 15.2. The van der Waals surface area contributed by atoms with E-state index >= 15 is 0 Å². The average molecular weight is 439 g/mol. The summed E-state index contributed by atoms with van der Waals surface area (Å²) in [5, 5.41) is 39.4. The van der Waals surface area contributed by atoms with Crippen molar-refractivity contribution in [2.24, 2.45) is 0 Å². The van der Waals surface area contributed by atoms with Crippen LogP contribution < -0.4 is 5.56 Å². The van der Waals surface area contributed by atoms with E-state index in [-0.39, 0.29) is 41.5 Å². The highest BCUT2D eigenvalue weighted by molar-refractivity contribution is 5.71. The fourth-order valence-corrected chi connectivity index (χ4v) is 3.68. The van der Waals surface area contributed by atoms with Crippen molar-refractivity contribution in [3.05, 3.63) is 81.3 Å². The smallest absolute Gasteiger partial charge is 0.306 e. The maximum atomic E-state index is 13.4. The number of aryl methyl sites for hydroxylation is 2. The summed E-state index contributed by atoms with van der Waals surface area (Å²) in [6, 6.07) is 12.0. The van der Waals surface area contributed by atoms with Crippen LogP contribution in [0.25, 0.3) is 0 Å². The summed E-state index contributed by atoms with van der Waals surface area (Å²) < 4.78 is 6.27. The minimum atomic E-state index is -0.778. The molecular weight excluding hydrogens is 414 g/mol. The van der Waals surface area contributed by atoms with Gasteiger partial charge in [-0.2, -0.15) is 0 Å². The standard InChI is InChI=1S/C24H25NO7/c1-14-11-21(29)23(18(13-22(30)32-2)16-4-6-17(26)7-5-16)24(31)25(14)10-9-15-3-8-19(27)20(28)12-15/h3-8,11-12,18,26-29H,9-10,13H2,1-2H3/t18-/m0/s1. The molecule has 1 atom stereocenters. The molecule has 168 valence electrons. The number of carbonyl (C=O) groups is 1. The number of pyridine rings is 1. The molecule has 32 heavy (non-hydrogen) atoms. The summed E-state index contributed by atoms with van der Waals surface area (Å²) in [6.07, 6.45) is 0.221. The monoisotopic (exact) mass is 439 g/mol. The molecule has 0 saturated carbocycles. The van der Waals surface area contributed by atoms with Crippen molar-refractivity contribution in [2.75, 3.05) is 7.11 Å². The quantitative estimate of drug-likeness (QED) is 0.329. The summed E-state index contributed by atoms with van der Waals surface area (Å²) in [4.78, 5) is 25.5. The number of hydrogen-bond donors (Lipinski definition) is 4. The van der Waals surface area contributed by atoms with Crippen molar-refractivity contribution in [3.8, 4) is 23.0 Å². The van der Waals surface area contributed by atoms with E-state index < -0.39 is 17.4 Å². The van der Waals surface area contributed by atoms with Gasteiger partial charge in [0.25, 0.3) is 5.56 Å². The van der Waals surface area contributed by atoms with Crippen LogP contribution in [-0.4, -0.2) is 38.1 Å². The van der Waals surface area contributed by atoms with Gasteiger partial charge in [0.15, 0.2) is 11.5 Å². The number of nitrogens with zero attached hydrogens (tertiary/aromatic N) is 1. The van der Waals surface area contributed by atoms with Crippen LogP contribution in [0, 0.1) is 6.92 Å². The van der Waals surface area contributed by atoms with Gasteiger partial charge >= 0.3 is 5.97 Å². The molecular formula is C24H25NO7. The van der Waals surface area contributed by atoms with E-state index in [4.69, 9.17) is 4.74 Å². The average Bonchev–Trinajstić information content (AvgIpc) is 2.75. The number of esters is 1. The van der Waals surface area contributed by atoms with Crippen LogP contribution in [0.3, 0.4) is 0 Å². The van der Waals surface area contributed by atoms with Crippen molar-refractivity contribution < 1.29 is 30.0 Å². The van der Waals surface area contributed by atoms with E-state index in [1.807, 2.05) is 0 Å². The Morgan fingerprint density at radius 1 is 0.969 bits per heavy atom. The fraction of sp³-hybridized carbons (Fsp3) is 0.250. The molecule has 0 unspecified atom stereocenters. The van der Waals surface area contributed by atoms with Crippen molar-refractivity contribution in [1.82, 2.24) is 4.57 Å². The van der Waals surface area contributed by atoms with Crippen LogP contribution in [0.1, 0.15) is 34.7 Å². The van der Waals surface area contributed by atoms with Gasteiger partial charge in [-0.1, -0.05) is 18.2 Å². The Bertz CT molecular complexity index is 1180. The van der Waals surface area contributed by atoms with Crippen LogP contribution in [0.15, 0.2) is 53.3 Å². The van der Waals surface area contributed by atoms with Crippen LogP contribution in [0.4, 0.5) is 0 Å². The van der Waals surface area contributed by atoms with Crippen molar-refractivity contribution in [3.63, 3.8) is 0 Å². The molecule has 0 aliphatic heterocycles. The number of ether oxygens (including phenoxy) is 1. The van der Waals surface area contributed by atoms with Crippen LogP contribution in [0.2, 0.25) is 0 Å². The molecule has 0 saturated heterocycles. The second-order valence-corrected chi connectivity index (χ2v) is 7.54. The van der Waals surface area contributed by atoms with E-state index in [0.717, 1.165) is 0 Å². The molecule has 2 aromatic carbocycles. The molecule has 0 fully saturated rings. The van der Waals surface area contributed by atoms with Gasteiger partial charge in [0, 0.05) is 18.2 Å². The number of carbonyl (C=O) groups excluding carboxylic acids is 1. The maximum Gasteiger partial charge on any atom is 0.306 e. The minimum Gasteiger partial charge on any atom is -0.508 e. The maximum absolute atomic E-state index is 13.4. The van der Waals surface area contributed by atoms with Crippen molar-refractivity contribution in [1.29, 1.82) is 0 Å². The zero-order valence-electron chi connectivity index (χ0n) is 17.8. The van der Waals surface area contributed by atoms with Crippen LogP contribution in [-0.2, 0) is 22.5 Å². The first-order valence-electron chi connectivity index (χ1n) is 10.0. The minimum absolute atomic E-state index is 0.0354. The second-order valence-electron chi connectivity index (χ2n) is 7.54. The highest BCUT2D eigenvalue weighted by Gasteiger charge is 2.26. The Kier molecular flexibility index (Phi) is 6.73. The van der Waals surface area contributed by atoms with Crippen molar-refractivity contribution in [2.45, 2.75) is 32.2 Å². The molecule has 1 aromatic heterocycles. The zero-order chi connectivity index (χ0) is 23.4. The summed E-state index contributed by atoms with van der Waals surface area (Å²) >= 11 is 0. The number of rotatable bonds is 7. The summed E-state index contributed by atoms with van der Waals surface area (Å²) in [6.45, 7) is 1.94. The summed E-state index contributed by atoms with van der Waals surface area (Å²) in [5.41, 5.74) is 1.42. The SMILES string of the molecule is COC(=O)C[C@@H](c1ccc(O)cc1)c1c(O)cc(C)n(CCc2ccc(O)c(O)c2)c1=O. The number of aromatic nitrogens is 1. The topological polar surface area (TPSA) is 129 Å². The number of benzene rings is 2. The number of phenolic OH excluding ortho intramolecular Hbond substituents is 3. The fourth-order valence-electron chi connectivity index (χ4n) is 3.68. The number of phenols is 3. The van der Waals surface area contributed by atoms with E-state index in [9.17, 15) is 30.0 Å². The first-order valence-corrected chi connectivity index (χ1v) is 10.0. The highest BCUT2D eigenvalue weighted by Crippen LogP contribution is 2.33. The Balaban J connectivity index is 2.03. The highest BCUT2D eigenvalue weighted by atomic mass is 16.5. The van der Waals surface area contributed by atoms with Gasteiger partial charge < -0.3 is 29.7 Å². The second kappa shape index (κ2) is 9.47. The van der Waals surface area contributed by atoms with Crippen molar-refractivity contribution >= 4 is 5.97 Å². The molecule has 0 spiro atoms. The zero-order valence-corrected chi connectivity index (χ0v) is 17.8. The molecule has 0 aliphatic rings. The summed E-state index contributed by atoms with van der Waals surface area (Å²) in [7, 11) is 1.25. The third-order valence-electron chi connectivity index (χ3n) is 5.43. The lowest BCUT2D eigenvalue weighted by Crippen LogP contribution is -2.29. The van der Waals surface area contributed by atoms with E-state index in [0.29, 0.717) is 23.2 Å². The van der Waals surface area contributed by atoms with E-state index in [2.05, 4.69) is 0 Å². The molecule has 0 radical (unpaired) electrons. The predicted molar refractivity (Wildman–Crippen MR) is 117 cm³/mol. The molecule has 3 aromatic rings. The number of hydrogen-bond acceptors (Lipinski definition) is 7. The molecule has 4 N–H and O–H groups in total. The lowest BCUT2D eigenvalue weighted by molar-refractivity contribution is -0.140. The Labute approximate surface area is 184 Å². The number of methoxy groups -OCH3 is 1. The molecule has 0 bridgehead atoms. The first kappa shape index (κ1) is 22.7. The van der Waals surface area contributed by atoms with E-state index in [1.165, 1.54) is 42.0 Å². The third kappa shape index (κ3) is 4.85. The predicted octanol–water partition coefficient (Wildman–Crippen LogP) is 2.92. The lowest BCUT2D eigenvalue weighted by atomic mass is 9.88. The number of aromatic hydroxyl groups is 4. The molecule has 8 heteroatoms. The molecule has 0 aliphatic carbocycles. The Morgan fingerprint density at radius 2 is 1.66 bits per heavy atom.